The highest BCUT2D eigenvalue weighted by Gasteiger charge is 2.13. The zero-order chi connectivity index (χ0) is 12.3. The van der Waals surface area contributed by atoms with Crippen molar-refractivity contribution in [3.05, 3.63) is 41.0 Å². The van der Waals surface area contributed by atoms with Crippen LogP contribution in [0.15, 0.2) is 29.8 Å². The number of aromatic hydroxyl groups is 1. The van der Waals surface area contributed by atoms with E-state index in [1.54, 1.807) is 12.1 Å². The summed E-state index contributed by atoms with van der Waals surface area (Å²) in [5.41, 5.74) is 2.67. The molecule has 0 spiro atoms. The molecule has 0 aliphatic rings. The zero-order valence-electron chi connectivity index (χ0n) is 10.2. The van der Waals surface area contributed by atoms with Gasteiger partial charge in [0, 0.05) is 5.92 Å². The minimum atomic E-state index is -0.207. The molecule has 1 rings (SSSR count). The summed E-state index contributed by atoms with van der Waals surface area (Å²) < 4.78 is 0. The Balaban J connectivity index is 2.96. The fourth-order valence-corrected chi connectivity index (χ4v) is 1.47. The third-order valence-electron chi connectivity index (χ3n) is 2.59. The molecule has 2 nitrogen and oxygen atoms in total. The van der Waals surface area contributed by atoms with E-state index >= 15 is 0 Å². The fraction of sp³-hybridized carbons (Fsp3) is 0.357. The van der Waals surface area contributed by atoms with E-state index in [1.165, 1.54) is 0 Å². The van der Waals surface area contributed by atoms with Crippen molar-refractivity contribution in [3.8, 4) is 5.75 Å². The van der Waals surface area contributed by atoms with E-state index in [-0.39, 0.29) is 17.5 Å². The molecule has 0 heterocycles. The zero-order valence-corrected chi connectivity index (χ0v) is 10.2. The third-order valence-corrected chi connectivity index (χ3v) is 2.59. The molecular formula is C14H18O2. The molecule has 1 N–H and O–H groups in total. The van der Waals surface area contributed by atoms with Crippen molar-refractivity contribution in [3.63, 3.8) is 0 Å². The Morgan fingerprint density at radius 3 is 2.50 bits per heavy atom. The van der Waals surface area contributed by atoms with Crippen molar-refractivity contribution in [2.24, 2.45) is 0 Å². The van der Waals surface area contributed by atoms with Gasteiger partial charge in [-0.2, -0.15) is 0 Å². The number of aryl methyl sites for hydroxylation is 1. The van der Waals surface area contributed by atoms with Gasteiger partial charge in [-0.25, -0.2) is 0 Å². The molecule has 0 bridgehead atoms. The first-order valence-corrected chi connectivity index (χ1v) is 5.40. The Morgan fingerprint density at radius 1 is 1.38 bits per heavy atom. The highest BCUT2D eigenvalue weighted by molar-refractivity contribution is 5.95. The lowest BCUT2D eigenvalue weighted by atomic mass is 9.94. The predicted molar refractivity (Wildman–Crippen MR) is 65.7 cm³/mol. The van der Waals surface area contributed by atoms with Crippen LogP contribution in [0.2, 0.25) is 0 Å². The van der Waals surface area contributed by atoms with Gasteiger partial charge in [0.25, 0.3) is 0 Å². The number of carbonyl (C=O) groups is 1. The summed E-state index contributed by atoms with van der Waals surface area (Å²) >= 11 is 0. The lowest BCUT2D eigenvalue weighted by molar-refractivity contribution is -0.115. The second-order valence-electron chi connectivity index (χ2n) is 4.39. The summed E-state index contributed by atoms with van der Waals surface area (Å²) in [6.45, 7) is 7.49. The summed E-state index contributed by atoms with van der Waals surface area (Å²) in [5.74, 6) is 0.110. The lowest BCUT2D eigenvalue weighted by Crippen LogP contribution is -2.06. The van der Waals surface area contributed by atoms with Gasteiger partial charge in [0.1, 0.15) is 5.75 Å². The smallest absolute Gasteiger partial charge is 0.162 e. The maximum absolute atomic E-state index is 11.8. The van der Waals surface area contributed by atoms with Crippen molar-refractivity contribution in [2.45, 2.75) is 33.6 Å². The number of phenolic OH excluding ortho intramolecular Hbond substituents is 1. The standard InChI is InChI=1S/C14H18O2/c1-9(2)7-14(16)11(4)12-6-5-10(3)13(15)8-12/h5-8,11,15H,1-4H3. The Hall–Kier alpha value is -1.57. The van der Waals surface area contributed by atoms with Crippen molar-refractivity contribution in [2.75, 3.05) is 0 Å². The third kappa shape index (κ3) is 2.96. The van der Waals surface area contributed by atoms with E-state index in [0.29, 0.717) is 0 Å². The van der Waals surface area contributed by atoms with Crippen LogP contribution in [0.5, 0.6) is 5.75 Å². The molecule has 0 aliphatic carbocycles. The molecule has 1 aromatic rings. The summed E-state index contributed by atoms with van der Waals surface area (Å²) in [4.78, 5) is 11.8. The van der Waals surface area contributed by atoms with E-state index in [4.69, 9.17) is 0 Å². The van der Waals surface area contributed by atoms with Gasteiger partial charge in [-0.15, -0.1) is 0 Å². The first-order chi connectivity index (χ1) is 7.41. The van der Waals surface area contributed by atoms with Gasteiger partial charge in [-0.1, -0.05) is 24.6 Å². The number of hydrogen-bond acceptors (Lipinski definition) is 2. The van der Waals surface area contributed by atoms with E-state index in [9.17, 15) is 9.90 Å². The SMILES string of the molecule is CC(C)=CC(=O)C(C)c1ccc(C)c(O)c1. The molecule has 0 amide bonds. The first-order valence-electron chi connectivity index (χ1n) is 5.40. The maximum Gasteiger partial charge on any atom is 0.162 e. The maximum atomic E-state index is 11.8. The van der Waals surface area contributed by atoms with Crippen LogP contribution in [0.1, 0.15) is 37.8 Å². The molecule has 2 heteroatoms. The number of benzene rings is 1. The van der Waals surface area contributed by atoms with Gasteiger partial charge in [-0.3, -0.25) is 4.79 Å². The highest BCUT2D eigenvalue weighted by Crippen LogP contribution is 2.24. The average molecular weight is 218 g/mol. The van der Waals surface area contributed by atoms with Crippen LogP contribution in [0.3, 0.4) is 0 Å². The molecule has 0 saturated carbocycles. The van der Waals surface area contributed by atoms with Crippen LogP contribution in [-0.4, -0.2) is 10.9 Å². The number of phenols is 1. The van der Waals surface area contributed by atoms with Crippen LogP contribution in [0.25, 0.3) is 0 Å². The largest absolute Gasteiger partial charge is 0.508 e. The van der Waals surface area contributed by atoms with Crippen LogP contribution in [0, 0.1) is 6.92 Å². The molecule has 1 atom stereocenters. The summed E-state index contributed by atoms with van der Waals surface area (Å²) in [7, 11) is 0. The van der Waals surface area contributed by atoms with Crippen LogP contribution in [-0.2, 0) is 4.79 Å². The average Bonchev–Trinajstić information content (AvgIpc) is 2.20. The first kappa shape index (κ1) is 12.5. The number of rotatable bonds is 3. The van der Waals surface area contributed by atoms with Gasteiger partial charge in [0.05, 0.1) is 0 Å². The quantitative estimate of drug-likeness (QED) is 0.790. The normalized spacial score (nSPS) is 12.0. The molecule has 0 radical (unpaired) electrons. The van der Waals surface area contributed by atoms with Crippen molar-refractivity contribution in [1.29, 1.82) is 0 Å². The Bertz CT molecular complexity index is 426. The van der Waals surface area contributed by atoms with E-state index < -0.39 is 0 Å². The minimum Gasteiger partial charge on any atom is -0.508 e. The topological polar surface area (TPSA) is 37.3 Å². The van der Waals surface area contributed by atoms with Crippen LogP contribution < -0.4 is 0 Å². The molecular weight excluding hydrogens is 200 g/mol. The van der Waals surface area contributed by atoms with Crippen molar-refractivity contribution >= 4 is 5.78 Å². The molecule has 1 aromatic carbocycles. The van der Waals surface area contributed by atoms with E-state index in [0.717, 1.165) is 16.7 Å². The Kier molecular flexibility index (Phi) is 3.88. The fourth-order valence-electron chi connectivity index (χ4n) is 1.47. The molecule has 0 aliphatic heterocycles. The van der Waals surface area contributed by atoms with E-state index in [1.807, 2.05) is 39.8 Å². The lowest BCUT2D eigenvalue weighted by Gasteiger charge is -2.10. The summed E-state index contributed by atoms with van der Waals surface area (Å²) in [6, 6.07) is 5.38. The van der Waals surface area contributed by atoms with Crippen LogP contribution in [0.4, 0.5) is 0 Å². The number of hydrogen-bond donors (Lipinski definition) is 1. The molecule has 1 unspecified atom stereocenters. The van der Waals surface area contributed by atoms with Gasteiger partial charge < -0.3 is 5.11 Å². The predicted octanol–water partition coefficient (Wildman–Crippen LogP) is 3.34. The summed E-state index contributed by atoms with van der Waals surface area (Å²) in [6.07, 6.45) is 1.64. The van der Waals surface area contributed by atoms with Gasteiger partial charge in [0.2, 0.25) is 0 Å². The molecule has 0 aromatic heterocycles. The number of allylic oxidation sites excluding steroid dienone is 2. The second kappa shape index (κ2) is 4.97. The molecule has 0 fully saturated rings. The molecule has 0 saturated heterocycles. The summed E-state index contributed by atoms with van der Waals surface area (Å²) in [5, 5.41) is 9.59. The second-order valence-corrected chi connectivity index (χ2v) is 4.39. The molecule has 16 heavy (non-hydrogen) atoms. The Morgan fingerprint density at radius 2 is 2.00 bits per heavy atom. The Labute approximate surface area is 96.6 Å². The van der Waals surface area contributed by atoms with Crippen LogP contribution >= 0.6 is 0 Å². The van der Waals surface area contributed by atoms with Crippen molar-refractivity contribution < 1.29 is 9.90 Å². The number of ketones is 1. The van der Waals surface area contributed by atoms with Gasteiger partial charge >= 0.3 is 0 Å². The minimum absolute atomic E-state index is 0.0725. The van der Waals surface area contributed by atoms with Gasteiger partial charge in [-0.05, 0) is 44.0 Å². The monoisotopic (exact) mass is 218 g/mol. The van der Waals surface area contributed by atoms with Gasteiger partial charge in [0.15, 0.2) is 5.78 Å². The molecule has 86 valence electrons. The van der Waals surface area contributed by atoms with E-state index in [2.05, 4.69) is 0 Å². The highest BCUT2D eigenvalue weighted by atomic mass is 16.3. The van der Waals surface area contributed by atoms with Crippen molar-refractivity contribution in [1.82, 2.24) is 0 Å². The number of carbonyl (C=O) groups excluding carboxylic acids is 1.